The van der Waals surface area contributed by atoms with Crippen LogP contribution < -0.4 is 5.32 Å². The van der Waals surface area contributed by atoms with E-state index in [2.05, 4.69) is 65.1 Å². The van der Waals surface area contributed by atoms with Gasteiger partial charge in [0.05, 0.1) is 0 Å². The predicted molar refractivity (Wildman–Crippen MR) is 88.4 cm³/mol. The highest BCUT2D eigenvalue weighted by molar-refractivity contribution is 5.37. The number of aryl methyl sites for hydroxylation is 2. The van der Waals surface area contributed by atoms with Gasteiger partial charge in [0.15, 0.2) is 0 Å². The van der Waals surface area contributed by atoms with Gasteiger partial charge < -0.3 is 5.32 Å². The van der Waals surface area contributed by atoms with Gasteiger partial charge in [-0.25, -0.2) is 0 Å². The molecule has 0 radical (unpaired) electrons. The summed E-state index contributed by atoms with van der Waals surface area (Å²) in [5.74, 6) is 0.915. The van der Waals surface area contributed by atoms with Crippen molar-refractivity contribution in [1.82, 2.24) is 5.32 Å². The zero-order valence-corrected chi connectivity index (χ0v) is 14.1. The van der Waals surface area contributed by atoms with Gasteiger partial charge in [0.1, 0.15) is 0 Å². The Bertz CT molecular complexity index is 461. The smallest absolute Gasteiger partial charge is 0.00968 e. The summed E-state index contributed by atoms with van der Waals surface area (Å²) < 4.78 is 0. The summed E-state index contributed by atoms with van der Waals surface area (Å²) in [5, 5.41) is 3.74. The molecule has 1 nitrogen and oxygen atoms in total. The molecule has 0 heterocycles. The molecule has 1 heteroatoms. The van der Waals surface area contributed by atoms with Gasteiger partial charge in [-0.3, -0.25) is 0 Å². The number of hydrogen-bond donors (Lipinski definition) is 1. The van der Waals surface area contributed by atoms with Crippen LogP contribution in [0.2, 0.25) is 0 Å². The fourth-order valence-corrected chi connectivity index (χ4v) is 3.32. The molecule has 0 unspecified atom stereocenters. The van der Waals surface area contributed by atoms with Crippen LogP contribution in [0.25, 0.3) is 0 Å². The fraction of sp³-hybridized carbons (Fsp3) is 0.684. The summed E-state index contributed by atoms with van der Waals surface area (Å²) in [6, 6.07) is 7.08. The third-order valence-electron chi connectivity index (χ3n) is 5.01. The Hall–Kier alpha value is -0.820. The number of benzene rings is 1. The van der Waals surface area contributed by atoms with E-state index in [4.69, 9.17) is 0 Å². The van der Waals surface area contributed by atoms with Crippen molar-refractivity contribution >= 4 is 0 Å². The molecule has 0 bridgehead atoms. The topological polar surface area (TPSA) is 12.0 Å². The van der Waals surface area contributed by atoms with E-state index >= 15 is 0 Å². The van der Waals surface area contributed by atoms with E-state index in [-0.39, 0.29) is 5.54 Å². The molecule has 1 aliphatic carbocycles. The van der Waals surface area contributed by atoms with Gasteiger partial charge in [-0.05, 0) is 70.1 Å². The molecular formula is C19H31N. The Kier molecular flexibility index (Phi) is 4.30. The monoisotopic (exact) mass is 273 g/mol. The molecule has 2 rings (SSSR count). The molecule has 0 aliphatic heterocycles. The summed E-state index contributed by atoms with van der Waals surface area (Å²) in [6.45, 7) is 14.7. The molecule has 1 aromatic carbocycles. The quantitative estimate of drug-likeness (QED) is 0.835. The van der Waals surface area contributed by atoms with E-state index < -0.39 is 0 Å². The van der Waals surface area contributed by atoms with Gasteiger partial charge in [-0.2, -0.15) is 0 Å². The molecule has 0 amide bonds. The van der Waals surface area contributed by atoms with Crippen molar-refractivity contribution in [1.29, 1.82) is 0 Å². The summed E-state index contributed by atoms with van der Waals surface area (Å²) in [5.41, 5.74) is 4.94. The van der Waals surface area contributed by atoms with Crippen LogP contribution in [0.1, 0.15) is 63.6 Å². The standard InChI is InChI=1S/C19H31N/c1-7-16-11-19(12-16,13-20-18(4,5)6)17-9-8-14(2)15(3)10-17/h8-10,16,20H,7,11-13H2,1-6H3. The number of nitrogens with one attached hydrogen (secondary N) is 1. The van der Waals surface area contributed by atoms with Crippen molar-refractivity contribution in [3.05, 3.63) is 34.9 Å². The van der Waals surface area contributed by atoms with Gasteiger partial charge in [-0.1, -0.05) is 31.5 Å². The minimum atomic E-state index is 0.198. The van der Waals surface area contributed by atoms with Gasteiger partial charge in [0.2, 0.25) is 0 Å². The maximum atomic E-state index is 3.74. The van der Waals surface area contributed by atoms with E-state index in [0.29, 0.717) is 5.41 Å². The maximum absolute atomic E-state index is 3.74. The van der Waals surface area contributed by atoms with E-state index in [1.165, 1.54) is 30.4 Å². The van der Waals surface area contributed by atoms with Gasteiger partial charge in [0, 0.05) is 17.5 Å². The molecule has 1 saturated carbocycles. The Labute approximate surface area is 125 Å². The van der Waals surface area contributed by atoms with Crippen molar-refractivity contribution in [3.63, 3.8) is 0 Å². The average Bonchev–Trinajstić information content (AvgIpc) is 2.31. The lowest BCUT2D eigenvalue weighted by atomic mass is 9.57. The molecule has 1 N–H and O–H groups in total. The molecule has 1 aliphatic rings. The Morgan fingerprint density at radius 1 is 1.15 bits per heavy atom. The van der Waals surface area contributed by atoms with E-state index in [0.717, 1.165) is 12.5 Å². The molecule has 1 aromatic rings. The van der Waals surface area contributed by atoms with Gasteiger partial charge in [0.25, 0.3) is 0 Å². The fourth-order valence-electron chi connectivity index (χ4n) is 3.32. The van der Waals surface area contributed by atoms with Crippen molar-refractivity contribution in [2.45, 2.75) is 71.8 Å². The Morgan fingerprint density at radius 3 is 2.30 bits per heavy atom. The highest BCUT2D eigenvalue weighted by atomic mass is 15.0. The Balaban J connectivity index is 2.21. The van der Waals surface area contributed by atoms with Crippen LogP contribution in [-0.2, 0) is 5.41 Å². The summed E-state index contributed by atoms with van der Waals surface area (Å²) >= 11 is 0. The molecule has 112 valence electrons. The highest BCUT2D eigenvalue weighted by Crippen LogP contribution is 2.49. The van der Waals surface area contributed by atoms with Crippen LogP contribution in [0.3, 0.4) is 0 Å². The first-order valence-electron chi connectivity index (χ1n) is 8.08. The molecular weight excluding hydrogens is 242 g/mol. The third kappa shape index (κ3) is 3.25. The molecule has 0 spiro atoms. The zero-order valence-electron chi connectivity index (χ0n) is 14.1. The molecule has 0 saturated heterocycles. The minimum Gasteiger partial charge on any atom is -0.311 e. The lowest BCUT2D eigenvalue weighted by molar-refractivity contribution is 0.124. The number of rotatable bonds is 4. The largest absolute Gasteiger partial charge is 0.311 e. The average molecular weight is 273 g/mol. The normalized spacial score (nSPS) is 26.4. The van der Waals surface area contributed by atoms with E-state index in [1.807, 2.05) is 0 Å². The lowest BCUT2D eigenvalue weighted by Gasteiger charge is -2.50. The van der Waals surface area contributed by atoms with Crippen LogP contribution in [0.4, 0.5) is 0 Å². The second-order valence-electron chi connectivity index (χ2n) is 7.87. The third-order valence-corrected chi connectivity index (χ3v) is 5.01. The molecule has 0 aromatic heterocycles. The van der Waals surface area contributed by atoms with Crippen molar-refractivity contribution in [3.8, 4) is 0 Å². The van der Waals surface area contributed by atoms with E-state index in [1.54, 1.807) is 5.56 Å². The summed E-state index contributed by atoms with van der Waals surface area (Å²) in [4.78, 5) is 0. The first-order valence-corrected chi connectivity index (χ1v) is 8.08. The molecule has 20 heavy (non-hydrogen) atoms. The van der Waals surface area contributed by atoms with Crippen molar-refractivity contribution in [2.75, 3.05) is 6.54 Å². The lowest BCUT2D eigenvalue weighted by Crippen LogP contribution is -2.52. The van der Waals surface area contributed by atoms with E-state index in [9.17, 15) is 0 Å². The second kappa shape index (κ2) is 5.52. The highest BCUT2D eigenvalue weighted by Gasteiger charge is 2.44. The van der Waals surface area contributed by atoms with Crippen LogP contribution in [0.15, 0.2) is 18.2 Å². The van der Waals surface area contributed by atoms with Crippen LogP contribution in [0.5, 0.6) is 0 Å². The summed E-state index contributed by atoms with van der Waals surface area (Å²) in [6.07, 6.45) is 4.01. The van der Waals surface area contributed by atoms with Crippen LogP contribution >= 0.6 is 0 Å². The molecule has 1 fully saturated rings. The summed E-state index contributed by atoms with van der Waals surface area (Å²) in [7, 11) is 0. The minimum absolute atomic E-state index is 0.198. The Morgan fingerprint density at radius 2 is 1.80 bits per heavy atom. The zero-order chi connectivity index (χ0) is 15.0. The molecule has 0 atom stereocenters. The first kappa shape index (κ1) is 15.6. The van der Waals surface area contributed by atoms with Crippen LogP contribution in [-0.4, -0.2) is 12.1 Å². The van der Waals surface area contributed by atoms with Crippen molar-refractivity contribution < 1.29 is 0 Å². The first-order chi connectivity index (χ1) is 9.26. The predicted octanol–water partition coefficient (Wildman–Crippen LogP) is 4.75. The number of hydrogen-bond acceptors (Lipinski definition) is 1. The van der Waals surface area contributed by atoms with Crippen molar-refractivity contribution in [2.24, 2.45) is 5.92 Å². The van der Waals surface area contributed by atoms with Crippen LogP contribution in [0, 0.1) is 19.8 Å². The SMILES string of the molecule is CCC1CC(CNC(C)(C)C)(c2ccc(C)c(C)c2)C1. The van der Waals surface area contributed by atoms with Gasteiger partial charge >= 0.3 is 0 Å². The second-order valence-corrected chi connectivity index (χ2v) is 7.87. The van der Waals surface area contributed by atoms with Gasteiger partial charge in [-0.15, -0.1) is 0 Å². The maximum Gasteiger partial charge on any atom is 0.00968 e.